The van der Waals surface area contributed by atoms with Crippen LogP contribution in [0.15, 0.2) is 12.1 Å². The van der Waals surface area contributed by atoms with Crippen molar-refractivity contribution in [1.29, 1.82) is 0 Å². The van der Waals surface area contributed by atoms with Crippen molar-refractivity contribution in [3.05, 3.63) is 17.7 Å². The smallest absolute Gasteiger partial charge is 0.414 e. The van der Waals surface area contributed by atoms with Crippen LogP contribution in [0.25, 0.3) is 0 Å². The number of hydrogen-bond acceptors (Lipinski definition) is 7. The lowest BCUT2D eigenvalue weighted by Gasteiger charge is -2.58. The van der Waals surface area contributed by atoms with E-state index in [1.165, 1.54) is 32.1 Å². The molecule has 1 aliphatic heterocycles. The van der Waals surface area contributed by atoms with Crippen molar-refractivity contribution in [3.8, 4) is 17.2 Å². The molecule has 4 bridgehead atoms. The van der Waals surface area contributed by atoms with Gasteiger partial charge < -0.3 is 29.3 Å². The lowest BCUT2D eigenvalue weighted by Crippen LogP contribution is -2.60. The number of rotatable bonds is 5. The monoisotopic (exact) mass is 504 g/mol. The molecule has 1 saturated heterocycles. The zero-order valence-corrected chi connectivity index (χ0v) is 21.1. The number of carboxylic acid groups (broad SMARTS) is 2. The molecule has 10 heteroatoms. The summed E-state index contributed by atoms with van der Waals surface area (Å²) in [7, 11) is 4.73. The second-order valence-electron chi connectivity index (χ2n) is 10.3. The van der Waals surface area contributed by atoms with Gasteiger partial charge in [-0.2, -0.15) is 0 Å². The molecule has 198 valence electrons. The van der Waals surface area contributed by atoms with Gasteiger partial charge in [-0.3, -0.25) is 9.69 Å². The summed E-state index contributed by atoms with van der Waals surface area (Å²) in [5.41, 5.74) is 0.590. The molecule has 0 atom stereocenters. The van der Waals surface area contributed by atoms with E-state index in [0.717, 1.165) is 55.9 Å². The summed E-state index contributed by atoms with van der Waals surface area (Å²) in [6.07, 6.45) is 7.28. The number of aliphatic carboxylic acids is 2. The van der Waals surface area contributed by atoms with Crippen molar-refractivity contribution in [3.63, 3.8) is 0 Å². The highest BCUT2D eigenvalue weighted by Gasteiger charge is 2.50. The Morgan fingerprint density at radius 1 is 0.750 bits per heavy atom. The van der Waals surface area contributed by atoms with Crippen LogP contribution >= 0.6 is 0 Å². The Hall–Kier alpha value is -3.01. The molecule has 0 radical (unpaired) electrons. The number of methoxy groups -OCH3 is 3. The largest absolute Gasteiger partial charge is 0.493 e. The zero-order chi connectivity index (χ0) is 26.0. The van der Waals surface area contributed by atoms with Gasteiger partial charge in [0, 0.05) is 37.8 Å². The van der Waals surface area contributed by atoms with E-state index in [1.54, 1.807) is 33.5 Å². The maximum Gasteiger partial charge on any atom is 0.414 e. The third kappa shape index (κ3) is 5.23. The number of benzene rings is 1. The fourth-order valence-electron chi connectivity index (χ4n) is 7.10. The number of ether oxygens (including phenoxy) is 3. The van der Waals surface area contributed by atoms with E-state index in [0.29, 0.717) is 22.8 Å². The molecule has 10 nitrogen and oxygen atoms in total. The highest BCUT2D eigenvalue weighted by Crippen LogP contribution is 2.55. The highest BCUT2D eigenvalue weighted by atomic mass is 16.5. The SMILES string of the molecule is COc1cc(C(=O)N2CCN(C3C4CC5CC(C4)CC3C5)CC2)cc(OC)c1OC.O=C(O)C(=O)O. The van der Waals surface area contributed by atoms with Gasteiger partial charge in [0.2, 0.25) is 5.75 Å². The molecule has 5 aliphatic rings. The van der Waals surface area contributed by atoms with Gasteiger partial charge in [0.1, 0.15) is 0 Å². The number of carbonyl (C=O) groups is 3. The lowest BCUT2D eigenvalue weighted by atomic mass is 9.54. The van der Waals surface area contributed by atoms with Crippen LogP contribution in [0.1, 0.15) is 42.5 Å². The van der Waals surface area contributed by atoms with Gasteiger partial charge in [-0.1, -0.05) is 0 Å². The Balaban J connectivity index is 0.000000455. The first-order chi connectivity index (χ1) is 17.2. The second kappa shape index (κ2) is 10.9. The Morgan fingerprint density at radius 3 is 1.61 bits per heavy atom. The topological polar surface area (TPSA) is 126 Å². The maximum atomic E-state index is 13.2. The number of nitrogens with zero attached hydrogens (tertiary/aromatic N) is 2. The Labute approximate surface area is 211 Å². The molecule has 36 heavy (non-hydrogen) atoms. The Bertz CT molecular complexity index is 923. The summed E-state index contributed by atoms with van der Waals surface area (Å²) in [5, 5.41) is 14.8. The van der Waals surface area contributed by atoms with E-state index in [1.807, 2.05) is 4.90 Å². The molecule has 1 heterocycles. The standard InChI is InChI=1S/C24H34N2O4.C2H2O4/c1-28-20-13-19(14-21(29-2)23(20)30-3)24(27)26-6-4-25(5-7-26)22-17-9-15-8-16(11-17)12-18(22)10-15;3-1(4)2(5)6/h13-18,22H,4-12H2,1-3H3;(H,3,4)(H,5,6). The van der Waals surface area contributed by atoms with E-state index in [-0.39, 0.29) is 5.91 Å². The number of carbonyl (C=O) groups excluding carboxylic acids is 1. The summed E-state index contributed by atoms with van der Waals surface area (Å²) >= 11 is 0. The number of piperazine rings is 1. The van der Waals surface area contributed by atoms with Crippen molar-refractivity contribution < 1.29 is 38.8 Å². The van der Waals surface area contributed by atoms with E-state index in [9.17, 15) is 4.79 Å². The third-order valence-corrected chi connectivity index (χ3v) is 8.29. The predicted molar refractivity (Wildman–Crippen MR) is 130 cm³/mol. The molecule has 5 fully saturated rings. The summed E-state index contributed by atoms with van der Waals surface area (Å²) < 4.78 is 16.2. The molecule has 0 spiro atoms. The van der Waals surface area contributed by atoms with Crippen LogP contribution in [0.2, 0.25) is 0 Å². The highest BCUT2D eigenvalue weighted by molar-refractivity contribution is 6.27. The van der Waals surface area contributed by atoms with Crippen LogP contribution in [-0.2, 0) is 9.59 Å². The van der Waals surface area contributed by atoms with Crippen molar-refractivity contribution in [2.45, 2.75) is 38.1 Å². The van der Waals surface area contributed by atoms with Gasteiger partial charge in [0.25, 0.3) is 5.91 Å². The molecule has 1 amide bonds. The van der Waals surface area contributed by atoms with Crippen molar-refractivity contribution in [2.24, 2.45) is 23.7 Å². The normalized spacial score (nSPS) is 28.6. The van der Waals surface area contributed by atoms with Crippen molar-refractivity contribution in [2.75, 3.05) is 47.5 Å². The van der Waals surface area contributed by atoms with Crippen LogP contribution in [0.3, 0.4) is 0 Å². The van der Waals surface area contributed by atoms with Gasteiger partial charge in [0.05, 0.1) is 21.3 Å². The predicted octanol–water partition coefficient (Wildman–Crippen LogP) is 2.45. The summed E-state index contributed by atoms with van der Waals surface area (Å²) in [6, 6.07) is 4.28. The fraction of sp³-hybridized carbons (Fsp3) is 0.654. The molecule has 6 rings (SSSR count). The first-order valence-electron chi connectivity index (χ1n) is 12.5. The number of amides is 1. The van der Waals surface area contributed by atoms with Crippen LogP contribution in [0.4, 0.5) is 0 Å². The minimum atomic E-state index is -1.82. The first kappa shape index (κ1) is 26.1. The zero-order valence-electron chi connectivity index (χ0n) is 21.1. The van der Waals surface area contributed by atoms with Crippen LogP contribution in [0.5, 0.6) is 17.2 Å². The molecule has 0 aromatic heterocycles. The van der Waals surface area contributed by atoms with E-state index in [4.69, 9.17) is 34.0 Å². The first-order valence-corrected chi connectivity index (χ1v) is 12.5. The maximum absolute atomic E-state index is 13.2. The van der Waals surface area contributed by atoms with Crippen molar-refractivity contribution >= 4 is 17.8 Å². The average Bonchev–Trinajstić information content (AvgIpc) is 2.87. The quantitative estimate of drug-likeness (QED) is 0.582. The minimum absolute atomic E-state index is 0.0407. The summed E-state index contributed by atoms with van der Waals surface area (Å²) in [4.78, 5) is 36.1. The molecule has 4 saturated carbocycles. The van der Waals surface area contributed by atoms with Gasteiger partial charge in [0.15, 0.2) is 11.5 Å². The van der Waals surface area contributed by atoms with Crippen LogP contribution in [0, 0.1) is 23.7 Å². The molecule has 0 unspecified atom stereocenters. The van der Waals surface area contributed by atoms with E-state index < -0.39 is 11.9 Å². The Kier molecular flexibility index (Phi) is 7.92. The minimum Gasteiger partial charge on any atom is -0.493 e. The molecule has 4 aliphatic carbocycles. The molecule has 1 aromatic carbocycles. The summed E-state index contributed by atoms with van der Waals surface area (Å²) in [5.74, 6) is 1.77. The molecule has 1 aromatic rings. The second-order valence-corrected chi connectivity index (χ2v) is 10.3. The average molecular weight is 505 g/mol. The Morgan fingerprint density at radius 2 is 1.22 bits per heavy atom. The van der Waals surface area contributed by atoms with E-state index >= 15 is 0 Å². The number of hydrogen-bond donors (Lipinski definition) is 2. The van der Waals surface area contributed by atoms with Gasteiger partial charge >= 0.3 is 11.9 Å². The molecule has 2 N–H and O–H groups in total. The lowest BCUT2D eigenvalue weighted by molar-refractivity contribution is -0.159. The van der Waals surface area contributed by atoms with Crippen LogP contribution in [-0.4, -0.2) is 91.4 Å². The van der Waals surface area contributed by atoms with Gasteiger partial charge in [-0.15, -0.1) is 0 Å². The summed E-state index contributed by atoms with van der Waals surface area (Å²) in [6.45, 7) is 3.56. The van der Waals surface area contributed by atoms with E-state index in [2.05, 4.69) is 4.90 Å². The fourth-order valence-corrected chi connectivity index (χ4v) is 7.10. The molecular formula is C26H36N2O8. The van der Waals surface area contributed by atoms with Gasteiger partial charge in [-0.05, 0) is 67.9 Å². The van der Waals surface area contributed by atoms with Crippen LogP contribution < -0.4 is 14.2 Å². The number of carboxylic acids is 2. The van der Waals surface area contributed by atoms with Crippen molar-refractivity contribution in [1.82, 2.24) is 9.80 Å². The molecular weight excluding hydrogens is 468 g/mol. The van der Waals surface area contributed by atoms with Gasteiger partial charge in [-0.25, -0.2) is 9.59 Å². The third-order valence-electron chi connectivity index (χ3n) is 8.29.